The summed E-state index contributed by atoms with van der Waals surface area (Å²) in [5, 5.41) is 10.5. The Labute approximate surface area is 511 Å². The fourth-order valence-corrected chi connectivity index (χ4v) is 11.2. The second-order valence-electron chi connectivity index (χ2n) is 24.5. The summed E-state index contributed by atoms with van der Waals surface area (Å²) in [4.78, 5) is 72.2. The van der Waals surface area contributed by atoms with Gasteiger partial charge in [0.1, 0.15) is 19.3 Å². The largest absolute Gasteiger partial charge is 0.472 e. The number of hydrogen-bond donors (Lipinski definition) is 3. The van der Waals surface area contributed by atoms with Crippen LogP contribution in [0.25, 0.3) is 0 Å². The lowest BCUT2D eigenvalue weighted by Crippen LogP contribution is -2.30. The molecule has 0 aliphatic carbocycles. The van der Waals surface area contributed by atoms with Crippen LogP contribution in [0.4, 0.5) is 0 Å². The van der Waals surface area contributed by atoms with E-state index in [-0.39, 0.29) is 25.7 Å². The van der Waals surface area contributed by atoms with E-state index >= 15 is 0 Å². The van der Waals surface area contributed by atoms with E-state index in [0.717, 1.165) is 102 Å². The molecule has 498 valence electrons. The van der Waals surface area contributed by atoms with Crippen molar-refractivity contribution >= 4 is 39.5 Å². The van der Waals surface area contributed by atoms with Crippen molar-refractivity contribution in [3.8, 4) is 0 Å². The van der Waals surface area contributed by atoms with E-state index in [2.05, 4.69) is 48.5 Å². The van der Waals surface area contributed by atoms with Crippen LogP contribution in [0.3, 0.4) is 0 Å². The molecule has 0 aliphatic heterocycles. The van der Waals surface area contributed by atoms with Crippen molar-refractivity contribution in [2.45, 2.75) is 336 Å². The van der Waals surface area contributed by atoms with Gasteiger partial charge in [-0.2, -0.15) is 0 Å². The molecule has 7 atom stereocenters. The van der Waals surface area contributed by atoms with Crippen molar-refractivity contribution in [1.82, 2.24) is 0 Å². The number of carbonyl (C=O) groups is 4. The highest BCUT2D eigenvalue weighted by molar-refractivity contribution is 7.47. The number of hydrogen-bond acceptors (Lipinski definition) is 15. The lowest BCUT2D eigenvalue weighted by Gasteiger charge is -2.21. The highest BCUT2D eigenvalue weighted by atomic mass is 31.2. The van der Waals surface area contributed by atoms with Crippen molar-refractivity contribution in [1.29, 1.82) is 0 Å². The molecular weight excluding hydrogens is 1110 g/mol. The van der Waals surface area contributed by atoms with E-state index < -0.39 is 97.5 Å². The molecule has 0 aromatic carbocycles. The molecule has 0 rings (SSSR count). The summed E-state index contributed by atoms with van der Waals surface area (Å²) in [5.41, 5.74) is 0. The van der Waals surface area contributed by atoms with Gasteiger partial charge in [0.05, 0.1) is 26.4 Å². The molecule has 0 fully saturated rings. The summed E-state index contributed by atoms with van der Waals surface area (Å²) in [6.45, 7) is 11.7. The zero-order chi connectivity index (χ0) is 62.4. The van der Waals surface area contributed by atoms with Gasteiger partial charge in [0.2, 0.25) is 0 Å². The molecule has 0 bridgehead atoms. The van der Waals surface area contributed by atoms with Gasteiger partial charge in [-0.05, 0) is 43.4 Å². The number of ether oxygens (including phenoxy) is 4. The van der Waals surface area contributed by atoms with E-state index in [1.165, 1.54) is 128 Å². The first-order valence-electron chi connectivity index (χ1n) is 33.9. The smallest absolute Gasteiger partial charge is 0.462 e. The Hall–Kier alpha value is -1.94. The van der Waals surface area contributed by atoms with Gasteiger partial charge in [-0.3, -0.25) is 37.3 Å². The Balaban J connectivity index is 5.25. The van der Waals surface area contributed by atoms with Gasteiger partial charge >= 0.3 is 39.5 Å². The second kappa shape index (κ2) is 56.3. The van der Waals surface area contributed by atoms with Gasteiger partial charge in [-0.25, -0.2) is 9.13 Å². The Morgan fingerprint density at radius 1 is 0.345 bits per heavy atom. The minimum atomic E-state index is -4.95. The van der Waals surface area contributed by atoms with Crippen LogP contribution in [0.2, 0.25) is 0 Å². The molecule has 0 aliphatic rings. The third-order valence-corrected chi connectivity index (χ3v) is 17.5. The van der Waals surface area contributed by atoms with Crippen LogP contribution in [0.1, 0.15) is 318 Å². The molecular formula is C65H126O17P2. The molecule has 0 radical (unpaired) electrons. The fraction of sp³-hybridized carbons (Fsp3) is 0.938. The summed E-state index contributed by atoms with van der Waals surface area (Å²) in [7, 11) is -9.89. The van der Waals surface area contributed by atoms with Gasteiger partial charge < -0.3 is 33.8 Å². The number of rotatable bonds is 63. The molecule has 0 saturated heterocycles. The van der Waals surface area contributed by atoms with E-state index in [1.54, 1.807) is 0 Å². The van der Waals surface area contributed by atoms with Gasteiger partial charge in [0, 0.05) is 25.7 Å². The summed E-state index contributed by atoms with van der Waals surface area (Å²) in [6.07, 6.45) is 37.6. The Morgan fingerprint density at radius 2 is 0.607 bits per heavy atom. The average Bonchev–Trinajstić information content (AvgIpc) is 3.65. The maximum absolute atomic E-state index is 13.0. The minimum absolute atomic E-state index is 0.102. The van der Waals surface area contributed by atoms with Crippen LogP contribution in [0, 0.1) is 17.8 Å². The number of carbonyl (C=O) groups excluding carboxylic acids is 4. The minimum Gasteiger partial charge on any atom is -0.462 e. The Morgan fingerprint density at radius 3 is 0.905 bits per heavy atom. The zero-order valence-electron chi connectivity index (χ0n) is 54.4. The third-order valence-electron chi connectivity index (χ3n) is 15.6. The predicted molar refractivity (Wildman–Crippen MR) is 335 cm³/mol. The summed E-state index contributed by atoms with van der Waals surface area (Å²) >= 11 is 0. The van der Waals surface area contributed by atoms with Crippen molar-refractivity contribution < 1.29 is 80.2 Å². The lowest BCUT2D eigenvalue weighted by atomic mass is 9.99. The van der Waals surface area contributed by atoms with Gasteiger partial charge in [0.15, 0.2) is 12.2 Å². The molecule has 0 amide bonds. The van der Waals surface area contributed by atoms with Crippen molar-refractivity contribution in [3.63, 3.8) is 0 Å². The van der Waals surface area contributed by atoms with Gasteiger partial charge in [-0.15, -0.1) is 0 Å². The lowest BCUT2D eigenvalue weighted by molar-refractivity contribution is -0.161. The molecule has 17 nitrogen and oxygen atoms in total. The van der Waals surface area contributed by atoms with Gasteiger partial charge in [-0.1, -0.05) is 267 Å². The van der Waals surface area contributed by atoms with Crippen LogP contribution in [0.15, 0.2) is 0 Å². The number of unbranched alkanes of at least 4 members (excludes halogenated alkanes) is 29. The number of phosphoric acid groups is 2. The Kier molecular flexibility index (Phi) is 55.0. The van der Waals surface area contributed by atoms with Crippen molar-refractivity contribution in [3.05, 3.63) is 0 Å². The van der Waals surface area contributed by atoms with Crippen molar-refractivity contribution in [2.24, 2.45) is 17.8 Å². The first-order chi connectivity index (χ1) is 40.3. The van der Waals surface area contributed by atoms with E-state index in [4.69, 9.17) is 37.0 Å². The molecule has 0 aromatic heterocycles. The predicted octanol–water partition coefficient (Wildman–Crippen LogP) is 17.9. The van der Waals surface area contributed by atoms with Crippen molar-refractivity contribution in [2.75, 3.05) is 39.6 Å². The number of esters is 4. The molecule has 84 heavy (non-hydrogen) atoms. The molecule has 0 saturated carbocycles. The maximum Gasteiger partial charge on any atom is 0.472 e. The first-order valence-corrected chi connectivity index (χ1v) is 36.9. The quantitative estimate of drug-likeness (QED) is 0.0222. The molecule has 3 N–H and O–H groups in total. The van der Waals surface area contributed by atoms with E-state index in [0.29, 0.717) is 31.6 Å². The van der Waals surface area contributed by atoms with Crippen LogP contribution < -0.4 is 0 Å². The SMILES string of the molecule is CCCCCCCCCCCC(=O)OC[C@H](COP(=O)(O)OC[C@H](O)COP(=O)(O)OC[C@@H](COC(=O)CCCCCCCCCCC(C)CC)OC(=O)CCCCCCCCCCCCC(C)CC)OC(=O)CCCCCCCCC(C)C. The molecule has 0 spiro atoms. The highest BCUT2D eigenvalue weighted by Crippen LogP contribution is 2.45. The number of aliphatic hydroxyl groups is 1. The van der Waals surface area contributed by atoms with Crippen LogP contribution in [-0.4, -0.2) is 96.7 Å². The topological polar surface area (TPSA) is 237 Å². The van der Waals surface area contributed by atoms with Gasteiger partial charge in [0.25, 0.3) is 0 Å². The summed E-state index contributed by atoms with van der Waals surface area (Å²) in [6, 6.07) is 0. The first kappa shape index (κ1) is 82.1. The average molecular weight is 1240 g/mol. The summed E-state index contributed by atoms with van der Waals surface area (Å²) < 4.78 is 68.0. The van der Waals surface area contributed by atoms with E-state index in [9.17, 15) is 43.2 Å². The third kappa shape index (κ3) is 56.6. The van der Waals surface area contributed by atoms with Crippen LogP contribution >= 0.6 is 15.6 Å². The highest BCUT2D eigenvalue weighted by Gasteiger charge is 2.30. The molecule has 0 aromatic rings. The maximum atomic E-state index is 13.0. The Bertz CT molecular complexity index is 1670. The molecule has 4 unspecified atom stereocenters. The zero-order valence-corrected chi connectivity index (χ0v) is 56.1. The normalized spacial score (nSPS) is 15.0. The van der Waals surface area contributed by atoms with E-state index in [1.807, 2.05) is 0 Å². The number of aliphatic hydroxyl groups excluding tert-OH is 1. The summed E-state index contributed by atoms with van der Waals surface area (Å²) in [5.74, 6) is 0.111. The fourth-order valence-electron chi connectivity index (χ4n) is 9.59. The standard InChI is InChI=1S/C65H126O17P2/c1-8-11-12-13-14-17-24-32-39-46-62(67)75-53-61(82-65(70)49-42-35-28-27-29-36-43-56(4)5)55-80-84(73,74)78-51-59(66)50-77-83(71,72)79-54-60(52-76-63(68)47-40-33-25-21-20-23-31-38-45-58(7)10-3)81-64(69)48-41-34-26-19-16-15-18-22-30-37-44-57(6)9-2/h56-61,66H,8-55H2,1-7H3,(H,71,72)(H,73,74)/t57?,58?,59-,60-,61-/m1/s1. The molecule has 0 heterocycles. The van der Waals surface area contributed by atoms with Crippen LogP contribution in [0.5, 0.6) is 0 Å². The second-order valence-corrected chi connectivity index (χ2v) is 27.4. The monoisotopic (exact) mass is 1240 g/mol. The molecule has 19 heteroatoms. The van der Waals surface area contributed by atoms with Crippen LogP contribution in [-0.2, 0) is 65.4 Å². The number of phosphoric ester groups is 2.